The van der Waals surface area contributed by atoms with Crippen LogP contribution >= 0.6 is 0 Å². The van der Waals surface area contributed by atoms with E-state index >= 15 is 0 Å². The minimum absolute atomic E-state index is 0.307. The molecule has 0 aromatic heterocycles. The zero-order chi connectivity index (χ0) is 11.6. The van der Waals surface area contributed by atoms with E-state index in [1.54, 1.807) is 25.3 Å². The summed E-state index contributed by atoms with van der Waals surface area (Å²) in [4.78, 5) is 0. The van der Waals surface area contributed by atoms with Crippen LogP contribution in [0.1, 0.15) is 31.2 Å². The standard InChI is InChI=1S/C13H17FO2/c1-16-12-8-4-5-9-13(12,15)10-6-2-3-7-11(10)14/h2-3,6-7,12,15H,4-5,8-9H2,1H3. The summed E-state index contributed by atoms with van der Waals surface area (Å²) in [6.45, 7) is 0. The Morgan fingerprint density at radius 2 is 2.12 bits per heavy atom. The average Bonchev–Trinajstić information content (AvgIpc) is 2.30. The van der Waals surface area contributed by atoms with Gasteiger partial charge in [0.2, 0.25) is 0 Å². The van der Waals surface area contributed by atoms with Gasteiger partial charge in [0, 0.05) is 12.7 Å². The second-order valence-electron chi connectivity index (χ2n) is 4.37. The fourth-order valence-corrected chi connectivity index (χ4v) is 2.56. The molecule has 0 bridgehead atoms. The molecule has 16 heavy (non-hydrogen) atoms. The van der Waals surface area contributed by atoms with Crippen molar-refractivity contribution in [3.63, 3.8) is 0 Å². The predicted octanol–water partition coefficient (Wildman–Crippen LogP) is 2.60. The Kier molecular flexibility index (Phi) is 3.26. The van der Waals surface area contributed by atoms with E-state index in [0.29, 0.717) is 12.0 Å². The minimum Gasteiger partial charge on any atom is -0.382 e. The summed E-state index contributed by atoms with van der Waals surface area (Å²) in [5, 5.41) is 10.6. The van der Waals surface area contributed by atoms with E-state index in [9.17, 15) is 9.50 Å². The monoisotopic (exact) mass is 224 g/mol. The van der Waals surface area contributed by atoms with Crippen molar-refractivity contribution in [1.82, 2.24) is 0 Å². The number of hydrogen-bond donors (Lipinski definition) is 1. The quantitative estimate of drug-likeness (QED) is 0.836. The van der Waals surface area contributed by atoms with E-state index in [1.165, 1.54) is 6.07 Å². The molecular weight excluding hydrogens is 207 g/mol. The lowest BCUT2D eigenvalue weighted by atomic mass is 9.77. The summed E-state index contributed by atoms with van der Waals surface area (Å²) in [5.74, 6) is -0.353. The van der Waals surface area contributed by atoms with Crippen molar-refractivity contribution in [2.24, 2.45) is 0 Å². The molecule has 0 spiro atoms. The Morgan fingerprint density at radius 3 is 2.81 bits per heavy atom. The van der Waals surface area contributed by atoms with Crippen LogP contribution < -0.4 is 0 Å². The molecule has 0 saturated heterocycles. The van der Waals surface area contributed by atoms with Crippen LogP contribution in [0.4, 0.5) is 4.39 Å². The Morgan fingerprint density at radius 1 is 1.38 bits per heavy atom. The first-order valence-electron chi connectivity index (χ1n) is 5.68. The Hall–Kier alpha value is -0.930. The van der Waals surface area contributed by atoms with Crippen molar-refractivity contribution in [2.45, 2.75) is 37.4 Å². The van der Waals surface area contributed by atoms with Gasteiger partial charge in [0.1, 0.15) is 11.4 Å². The molecule has 88 valence electrons. The average molecular weight is 224 g/mol. The van der Waals surface area contributed by atoms with E-state index in [-0.39, 0.29) is 11.9 Å². The van der Waals surface area contributed by atoms with E-state index in [0.717, 1.165) is 19.3 Å². The van der Waals surface area contributed by atoms with Crippen LogP contribution in [0.3, 0.4) is 0 Å². The molecule has 2 nitrogen and oxygen atoms in total. The highest BCUT2D eigenvalue weighted by molar-refractivity contribution is 5.26. The Labute approximate surface area is 95.1 Å². The molecule has 0 heterocycles. The van der Waals surface area contributed by atoms with Crippen molar-refractivity contribution < 1.29 is 14.2 Å². The van der Waals surface area contributed by atoms with Crippen LogP contribution in [0.5, 0.6) is 0 Å². The third-order valence-corrected chi connectivity index (χ3v) is 3.43. The molecule has 1 saturated carbocycles. The molecule has 1 fully saturated rings. The maximum absolute atomic E-state index is 13.7. The van der Waals surface area contributed by atoms with Gasteiger partial charge in [-0.2, -0.15) is 0 Å². The summed E-state index contributed by atoms with van der Waals surface area (Å²) in [6, 6.07) is 6.41. The van der Waals surface area contributed by atoms with Gasteiger partial charge in [-0.25, -0.2) is 4.39 Å². The van der Waals surface area contributed by atoms with E-state index < -0.39 is 5.60 Å². The molecular formula is C13H17FO2. The van der Waals surface area contributed by atoms with Crippen molar-refractivity contribution >= 4 is 0 Å². The fourth-order valence-electron chi connectivity index (χ4n) is 2.56. The number of hydrogen-bond acceptors (Lipinski definition) is 2. The molecule has 1 aromatic carbocycles. The molecule has 1 aliphatic carbocycles. The first-order chi connectivity index (χ1) is 7.68. The highest BCUT2D eigenvalue weighted by atomic mass is 19.1. The van der Waals surface area contributed by atoms with E-state index in [2.05, 4.69) is 0 Å². The van der Waals surface area contributed by atoms with Gasteiger partial charge < -0.3 is 9.84 Å². The highest BCUT2D eigenvalue weighted by Gasteiger charge is 2.42. The SMILES string of the molecule is COC1CCCCC1(O)c1ccccc1F. The van der Waals surface area contributed by atoms with Gasteiger partial charge >= 0.3 is 0 Å². The summed E-state index contributed by atoms with van der Waals surface area (Å²) >= 11 is 0. The van der Waals surface area contributed by atoms with Crippen LogP contribution in [0.2, 0.25) is 0 Å². The molecule has 1 aliphatic rings. The fraction of sp³-hybridized carbons (Fsp3) is 0.538. The van der Waals surface area contributed by atoms with Crippen LogP contribution in [-0.2, 0) is 10.3 Å². The van der Waals surface area contributed by atoms with E-state index in [4.69, 9.17) is 4.74 Å². The second-order valence-corrected chi connectivity index (χ2v) is 4.37. The Balaban J connectivity index is 2.39. The zero-order valence-corrected chi connectivity index (χ0v) is 9.45. The second kappa shape index (κ2) is 4.52. The number of rotatable bonds is 2. The molecule has 2 unspecified atom stereocenters. The van der Waals surface area contributed by atoms with Crippen molar-refractivity contribution in [2.75, 3.05) is 7.11 Å². The topological polar surface area (TPSA) is 29.5 Å². The minimum atomic E-state index is -1.17. The number of halogens is 1. The molecule has 1 aromatic rings. The molecule has 0 radical (unpaired) electrons. The van der Waals surface area contributed by atoms with Crippen LogP contribution in [0.25, 0.3) is 0 Å². The van der Waals surface area contributed by atoms with Gasteiger partial charge in [0.15, 0.2) is 0 Å². The van der Waals surface area contributed by atoms with Crippen LogP contribution in [0.15, 0.2) is 24.3 Å². The molecule has 2 rings (SSSR count). The molecule has 0 amide bonds. The summed E-state index contributed by atoms with van der Waals surface area (Å²) in [6.07, 6.45) is 2.96. The third-order valence-electron chi connectivity index (χ3n) is 3.43. The Bertz CT molecular complexity index is 367. The third kappa shape index (κ3) is 1.85. The largest absolute Gasteiger partial charge is 0.382 e. The number of aliphatic hydroxyl groups is 1. The molecule has 3 heteroatoms. The summed E-state index contributed by atoms with van der Waals surface area (Å²) in [7, 11) is 1.57. The van der Waals surface area contributed by atoms with Crippen LogP contribution in [-0.4, -0.2) is 18.3 Å². The zero-order valence-electron chi connectivity index (χ0n) is 9.45. The molecule has 0 aliphatic heterocycles. The smallest absolute Gasteiger partial charge is 0.129 e. The van der Waals surface area contributed by atoms with Gasteiger partial charge in [0.25, 0.3) is 0 Å². The number of benzene rings is 1. The maximum Gasteiger partial charge on any atom is 0.129 e. The van der Waals surface area contributed by atoms with E-state index in [1.807, 2.05) is 0 Å². The normalized spacial score (nSPS) is 30.3. The highest BCUT2D eigenvalue weighted by Crippen LogP contribution is 2.39. The number of methoxy groups -OCH3 is 1. The maximum atomic E-state index is 13.7. The summed E-state index contributed by atoms with van der Waals surface area (Å²) < 4.78 is 19.0. The molecule has 2 atom stereocenters. The predicted molar refractivity (Wildman–Crippen MR) is 59.6 cm³/mol. The first-order valence-corrected chi connectivity index (χ1v) is 5.68. The van der Waals surface area contributed by atoms with Gasteiger partial charge in [-0.1, -0.05) is 31.0 Å². The molecule has 1 N–H and O–H groups in total. The summed E-state index contributed by atoms with van der Waals surface area (Å²) in [5.41, 5.74) is -0.806. The van der Waals surface area contributed by atoms with Gasteiger partial charge in [0.05, 0.1) is 6.10 Å². The van der Waals surface area contributed by atoms with Crippen molar-refractivity contribution in [1.29, 1.82) is 0 Å². The van der Waals surface area contributed by atoms with Crippen molar-refractivity contribution in [3.8, 4) is 0 Å². The van der Waals surface area contributed by atoms with Crippen LogP contribution in [0, 0.1) is 5.82 Å². The van der Waals surface area contributed by atoms with Gasteiger partial charge in [-0.3, -0.25) is 0 Å². The first kappa shape index (κ1) is 11.6. The lowest BCUT2D eigenvalue weighted by molar-refractivity contribution is -0.124. The lowest BCUT2D eigenvalue weighted by Crippen LogP contribution is -2.43. The van der Waals surface area contributed by atoms with Gasteiger partial charge in [-0.05, 0) is 18.9 Å². The van der Waals surface area contributed by atoms with Crippen molar-refractivity contribution in [3.05, 3.63) is 35.6 Å². The number of ether oxygens (including phenoxy) is 1. The lowest BCUT2D eigenvalue weighted by Gasteiger charge is -2.39. The van der Waals surface area contributed by atoms with Gasteiger partial charge in [-0.15, -0.1) is 0 Å².